The van der Waals surface area contributed by atoms with Crippen molar-refractivity contribution in [2.75, 3.05) is 13.7 Å². The molecule has 0 bridgehead atoms. The molecule has 0 aliphatic rings. The summed E-state index contributed by atoms with van der Waals surface area (Å²) in [6.07, 6.45) is 0.532. The van der Waals surface area contributed by atoms with Crippen LogP contribution in [0.1, 0.15) is 24.5 Å². The highest BCUT2D eigenvalue weighted by atomic mass is 32.2. The van der Waals surface area contributed by atoms with Gasteiger partial charge in [0.1, 0.15) is 5.75 Å². The molecule has 1 aromatic carbocycles. The molecule has 19 heavy (non-hydrogen) atoms. The Kier molecular flexibility index (Phi) is 5.34. The second kappa shape index (κ2) is 6.36. The Morgan fingerprint density at radius 1 is 1.32 bits per heavy atom. The van der Waals surface area contributed by atoms with Crippen LogP contribution in [0.4, 0.5) is 0 Å². The number of hydrogen-bond acceptors (Lipinski definition) is 4. The van der Waals surface area contributed by atoms with Crippen molar-refractivity contribution in [3.8, 4) is 5.75 Å². The van der Waals surface area contributed by atoms with Crippen molar-refractivity contribution in [2.45, 2.75) is 38.1 Å². The van der Waals surface area contributed by atoms with Crippen molar-refractivity contribution in [1.29, 1.82) is 0 Å². The summed E-state index contributed by atoms with van der Waals surface area (Å²) < 4.78 is 32.2. The molecule has 0 aliphatic heterocycles. The first-order valence-corrected chi connectivity index (χ1v) is 7.62. The van der Waals surface area contributed by atoms with Gasteiger partial charge in [-0.25, -0.2) is 13.1 Å². The molecule has 1 aromatic rings. The van der Waals surface area contributed by atoms with Crippen molar-refractivity contribution in [2.24, 2.45) is 0 Å². The number of aryl methyl sites for hydroxylation is 2. The fourth-order valence-electron chi connectivity index (χ4n) is 1.81. The standard InChI is InChI=1S/C13H21NO4S/c1-5-11(8-15)14-19(16,17)13-7-9(2)12(18-4)6-10(13)3/h6-7,11,14-15H,5,8H2,1-4H3/t11-/m1/s1. The van der Waals surface area contributed by atoms with Gasteiger partial charge in [0.2, 0.25) is 10.0 Å². The normalized spacial score (nSPS) is 13.3. The van der Waals surface area contributed by atoms with Gasteiger partial charge in [-0.05, 0) is 43.5 Å². The quantitative estimate of drug-likeness (QED) is 0.828. The molecule has 108 valence electrons. The summed E-state index contributed by atoms with van der Waals surface area (Å²) >= 11 is 0. The van der Waals surface area contributed by atoms with Gasteiger partial charge in [-0.3, -0.25) is 0 Å². The number of benzene rings is 1. The van der Waals surface area contributed by atoms with Gasteiger partial charge in [0.05, 0.1) is 18.6 Å². The molecule has 5 nitrogen and oxygen atoms in total. The lowest BCUT2D eigenvalue weighted by Gasteiger charge is -2.17. The second-order valence-electron chi connectivity index (χ2n) is 4.50. The van der Waals surface area contributed by atoms with Crippen LogP contribution in [0, 0.1) is 13.8 Å². The number of rotatable bonds is 6. The maximum atomic E-state index is 12.3. The monoisotopic (exact) mass is 287 g/mol. The van der Waals surface area contributed by atoms with Crippen LogP contribution in [-0.2, 0) is 10.0 Å². The number of ether oxygens (including phenoxy) is 1. The molecule has 0 saturated heterocycles. The Morgan fingerprint density at radius 2 is 1.95 bits per heavy atom. The number of aliphatic hydroxyl groups excluding tert-OH is 1. The van der Waals surface area contributed by atoms with E-state index in [1.165, 1.54) is 0 Å². The van der Waals surface area contributed by atoms with E-state index in [1.54, 1.807) is 33.1 Å². The third-order valence-corrected chi connectivity index (χ3v) is 4.68. The molecular weight excluding hydrogens is 266 g/mol. The molecule has 6 heteroatoms. The van der Waals surface area contributed by atoms with E-state index in [-0.39, 0.29) is 11.5 Å². The molecule has 0 fully saturated rings. The van der Waals surface area contributed by atoms with Crippen LogP contribution in [0.25, 0.3) is 0 Å². The summed E-state index contributed by atoms with van der Waals surface area (Å²) in [6.45, 7) is 5.11. The summed E-state index contributed by atoms with van der Waals surface area (Å²) in [5, 5.41) is 9.10. The Labute approximate surface area is 114 Å². The number of nitrogens with one attached hydrogen (secondary N) is 1. The van der Waals surface area contributed by atoms with Crippen LogP contribution in [0.5, 0.6) is 5.75 Å². The second-order valence-corrected chi connectivity index (χ2v) is 6.18. The lowest BCUT2D eigenvalue weighted by Crippen LogP contribution is -2.37. The average Bonchev–Trinajstić information content (AvgIpc) is 2.37. The summed E-state index contributed by atoms with van der Waals surface area (Å²) in [5.74, 6) is 0.658. The molecule has 0 saturated carbocycles. The van der Waals surface area contributed by atoms with E-state index < -0.39 is 16.1 Å². The van der Waals surface area contributed by atoms with E-state index >= 15 is 0 Å². The van der Waals surface area contributed by atoms with E-state index in [1.807, 2.05) is 6.92 Å². The van der Waals surface area contributed by atoms with Crippen molar-refractivity contribution >= 4 is 10.0 Å². The van der Waals surface area contributed by atoms with Crippen LogP contribution < -0.4 is 9.46 Å². The zero-order chi connectivity index (χ0) is 14.6. The van der Waals surface area contributed by atoms with Gasteiger partial charge in [-0.15, -0.1) is 0 Å². The number of aliphatic hydroxyl groups is 1. The van der Waals surface area contributed by atoms with Gasteiger partial charge in [-0.1, -0.05) is 6.92 Å². The lowest BCUT2D eigenvalue weighted by atomic mass is 10.1. The van der Waals surface area contributed by atoms with Crippen LogP contribution in [-0.4, -0.2) is 33.3 Å². The van der Waals surface area contributed by atoms with E-state index in [9.17, 15) is 8.42 Å². The predicted molar refractivity (Wildman–Crippen MR) is 74.0 cm³/mol. The third-order valence-electron chi connectivity index (χ3n) is 3.02. The topological polar surface area (TPSA) is 75.6 Å². The van der Waals surface area contributed by atoms with Crippen LogP contribution in [0.3, 0.4) is 0 Å². The molecule has 0 unspecified atom stereocenters. The van der Waals surface area contributed by atoms with E-state index in [0.717, 1.165) is 5.56 Å². The Hall–Kier alpha value is -1.11. The predicted octanol–water partition coefficient (Wildman–Crippen LogP) is 1.36. The summed E-state index contributed by atoms with van der Waals surface area (Å²) in [4.78, 5) is 0.220. The molecular formula is C13H21NO4S. The zero-order valence-electron chi connectivity index (χ0n) is 11.7. The van der Waals surface area contributed by atoms with E-state index in [4.69, 9.17) is 9.84 Å². The third kappa shape index (κ3) is 3.68. The van der Waals surface area contributed by atoms with Crippen molar-refractivity contribution in [1.82, 2.24) is 4.72 Å². The average molecular weight is 287 g/mol. The number of methoxy groups -OCH3 is 1. The molecule has 1 atom stereocenters. The molecule has 0 amide bonds. The van der Waals surface area contributed by atoms with Crippen LogP contribution in [0.2, 0.25) is 0 Å². The Bertz CT molecular complexity index is 536. The van der Waals surface area contributed by atoms with Gasteiger partial charge in [0, 0.05) is 6.04 Å². The van der Waals surface area contributed by atoms with Crippen LogP contribution >= 0.6 is 0 Å². The van der Waals surface area contributed by atoms with E-state index in [2.05, 4.69) is 4.72 Å². The highest BCUT2D eigenvalue weighted by Gasteiger charge is 2.21. The fourth-order valence-corrected chi connectivity index (χ4v) is 3.43. The highest BCUT2D eigenvalue weighted by molar-refractivity contribution is 7.89. The van der Waals surface area contributed by atoms with Crippen molar-refractivity contribution in [3.63, 3.8) is 0 Å². The number of hydrogen-bond donors (Lipinski definition) is 2. The molecule has 0 aromatic heterocycles. The first kappa shape index (κ1) is 15.9. The first-order chi connectivity index (χ1) is 8.85. The SMILES string of the molecule is CC[C@H](CO)NS(=O)(=O)c1cc(C)c(OC)cc1C. The van der Waals surface area contributed by atoms with Gasteiger partial charge in [0.15, 0.2) is 0 Å². The summed E-state index contributed by atoms with van der Waals surface area (Å²) in [7, 11) is -2.08. The van der Waals surface area contributed by atoms with Crippen molar-refractivity contribution in [3.05, 3.63) is 23.3 Å². The maximum Gasteiger partial charge on any atom is 0.241 e. The lowest BCUT2D eigenvalue weighted by molar-refractivity contribution is 0.254. The molecule has 0 spiro atoms. The fraction of sp³-hybridized carbons (Fsp3) is 0.538. The highest BCUT2D eigenvalue weighted by Crippen LogP contribution is 2.25. The van der Waals surface area contributed by atoms with E-state index in [0.29, 0.717) is 17.7 Å². The molecule has 0 aliphatic carbocycles. The smallest absolute Gasteiger partial charge is 0.241 e. The van der Waals surface area contributed by atoms with Gasteiger partial charge in [-0.2, -0.15) is 0 Å². The van der Waals surface area contributed by atoms with Gasteiger partial charge < -0.3 is 9.84 Å². The number of sulfonamides is 1. The molecule has 1 rings (SSSR count). The molecule has 0 heterocycles. The largest absolute Gasteiger partial charge is 0.496 e. The zero-order valence-corrected chi connectivity index (χ0v) is 12.5. The maximum absolute atomic E-state index is 12.3. The van der Waals surface area contributed by atoms with Gasteiger partial charge in [0.25, 0.3) is 0 Å². The van der Waals surface area contributed by atoms with Crippen molar-refractivity contribution < 1.29 is 18.3 Å². The summed E-state index contributed by atoms with van der Waals surface area (Å²) in [6, 6.07) is 2.82. The molecule has 0 radical (unpaired) electrons. The van der Waals surface area contributed by atoms with Gasteiger partial charge >= 0.3 is 0 Å². The summed E-state index contributed by atoms with van der Waals surface area (Å²) in [5.41, 5.74) is 1.37. The Morgan fingerprint density at radius 3 is 2.42 bits per heavy atom. The Balaban J connectivity index is 3.18. The first-order valence-electron chi connectivity index (χ1n) is 6.14. The molecule has 2 N–H and O–H groups in total. The minimum atomic E-state index is -3.63. The minimum absolute atomic E-state index is 0.218. The minimum Gasteiger partial charge on any atom is -0.496 e. The van der Waals surface area contributed by atoms with Crippen LogP contribution in [0.15, 0.2) is 17.0 Å².